The predicted octanol–water partition coefficient (Wildman–Crippen LogP) is 1.69. The van der Waals surface area contributed by atoms with Crippen LogP contribution < -0.4 is 0 Å². The van der Waals surface area contributed by atoms with Gasteiger partial charge in [0.15, 0.2) is 0 Å². The fraction of sp³-hybridized carbons (Fsp3) is 0.556. The van der Waals surface area contributed by atoms with Crippen molar-refractivity contribution >= 4 is 10.0 Å². The number of aromatic nitrogens is 3. The summed E-state index contributed by atoms with van der Waals surface area (Å²) in [6.45, 7) is 2.66. The zero-order chi connectivity index (χ0) is 19.2. The number of rotatable bonds is 5. The van der Waals surface area contributed by atoms with E-state index in [0.717, 1.165) is 24.5 Å². The lowest BCUT2D eigenvalue weighted by Crippen LogP contribution is -2.42. The molecule has 1 saturated heterocycles. The second kappa shape index (κ2) is 6.96. The van der Waals surface area contributed by atoms with E-state index >= 15 is 0 Å². The van der Waals surface area contributed by atoms with Crippen LogP contribution in [0, 0.1) is 12.7 Å². The number of sulfonamides is 1. The van der Waals surface area contributed by atoms with E-state index in [1.807, 2.05) is 4.57 Å². The van der Waals surface area contributed by atoms with Gasteiger partial charge in [-0.15, -0.1) is 10.2 Å². The number of hydrogen-bond acceptors (Lipinski definition) is 5. The van der Waals surface area contributed by atoms with E-state index in [-0.39, 0.29) is 17.0 Å². The average Bonchev–Trinajstić information content (AvgIpc) is 3.15. The van der Waals surface area contributed by atoms with Crippen molar-refractivity contribution in [3.05, 3.63) is 41.2 Å². The van der Waals surface area contributed by atoms with Crippen LogP contribution in [0.3, 0.4) is 0 Å². The van der Waals surface area contributed by atoms with E-state index in [1.54, 1.807) is 18.3 Å². The highest BCUT2D eigenvalue weighted by Gasteiger charge is 2.45. The Hall–Kier alpha value is -1.84. The number of nitrogens with zero attached hydrogens (tertiary/aromatic N) is 4. The zero-order valence-corrected chi connectivity index (χ0v) is 16.2. The highest BCUT2D eigenvalue weighted by atomic mass is 32.2. The monoisotopic (exact) mass is 394 g/mol. The molecule has 2 atom stereocenters. The summed E-state index contributed by atoms with van der Waals surface area (Å²) in [6, 6.07) is 3.69. The normalized spacial score (nSPS) is 22.6. The Balaban J connectivity index is 1.67. The highest BCUT2D eigenvalue weighted by molar-refractivity contribution is 7.89. The maximum atomic E-state index is 13.6. The fourth-order valence-electron chi connectivity index (χ4n) is 4.13. The van der Waals surface area contributed by atoms with E-state index < -0.39 is 15.8 Å². The number of fused-ring (bicyclic) bond motifs is 3. The van der Waals surface area contributed by atoms with E-state index in [2.05, 4.69) is 10.2 Å². The molecule has 2 aliphatic rings. The molecular weight excluding hydrogens is 371 g/mol. The molecule has 146 valence electrons. The van der Waals surface area contributed by atoms with Gasteiger partial charge in [-0.1, -0.05) is 0 Å². The summed E-state index contributed by atoms with van der Waals surface area (Å²) in [6.07, 6.45) is 2.77. The molecule has 0 saturated carbocycles. The summed E-state index contributed by atoms with van der Waals surface area (Å²) < 4.78 is 49.1. The lowest BCUT2D eigenvalue weighted by molar-refractivity contribution is 0.199. The van der Waals surface area contributed by atoms with E-state index in [1.165, 1.54) is 18.2 Å². The van der Waals surface area contributed by atoms with Crippen molar-refractivity contribution in [3.63, 3.8) is 0 Å². The highest BCUT2D eigenvalue weighted by Crippen LogP contribution is 2.36. The van der Waals surface area contributed by atoms with Gasteiger partial charge in [-0.25, -0.2) is 12.8 Å². The smallest absolute Gasteiger partial charge is 0.243 e. The number of aryl methyl sites for hydroxylation is 1. The summed E-state index contributed by atoms with van der Waals surface area (Å²) >= 11 is 0. The SMILES string of the molecule is COCCc1nnc2n1C[C@H]1CC[C@@H](C2)N1S(=O)(=O)c1ccc(F)c(C)c1. The zero-order valence-electron chi connectivity index (χ0n) is 15.4. The molecule has 9 heteroatoms. The molecule has 4 rings (SSSR count). The van der Waals surface area contributed by atoms with Crippen molar-refractivity contribution in [2.75, 3.05) is 13.7 Å². The van der Waals surface area contributed by atoms with Gasteiger partial charge in [0.25, 0.3) is 0 Å². The van der Waals surface area contributed by atoms with E-state index in [4.69, 9.17) is 4.74 Å². The van der Waals surface area contributed by atoms with Crippen LogP contribution in [0.5, 0.6) is 0 Å². The lowest BCUT2D eigenvalue weighted by atomic mass is 10.1. The number of halogens is 1. The second-order valence-corrected chi connectivity index (χ2v) is 9.06. The first kappa shape index (κ1) is 18.5. The molecule has 0 unspecified atom stereocenters. The number of hydrogen-bond donors (Lipinski definition) is 0. The van der Waals surface area contributed by atoms with Gasteiger partial charge in [0.2, 0.25) is 10.0 Å². The van der Waals surface area contributed by atoms with Crippen LogP contribution in [-0.2, 0) is 34.1 Å². The third kappa shape index (κ3) is 3.17. The van der Waals surface area contributed by atoms with Crippen LogP contribution in [-0.4, -0.2) is 53.3 Å². The summed E-state index contributed by atoms with van der Waals surface area (Å²) in [5.41, 5.74) is 0.331. The largest absolute Gasteiger partial charge is 0.384 e. The Kier molecular flexibility index (Phi) is 4.77. The Labute approximate surface area is 158 Å². The molecule has 7 nitrogen and oxygen atoms in total. The first-order valence-corrected chi connectivity index (χ1v) is 10.6. The molecule has 0 spiro atoms. The third-order valence-corrected chi connectivity index (χ3v) is 7.50. The lowest BCUT2D eigenvalue weighted by Gasteiger charge is -2.27. The molecule has 1 aromatic heterocycles. The summed E-state index contributed by atoms with van der Waals surface area (Å²) in [5.74, 6) is 1.25. The average molecular weight is 394 g/mol. The van der Waals surface area contributed by atoms with Gasteiger partial charge in [-0.3, -0.25) is 0 Å². The van der Waals surface area contributed by atoms with Crippen LogP contribution >= 0.6 is 0 Å². The summed E-state index contributed by atoms with van der Waals surface area (Å²) in [5, 5.41) is 8.55. The van der Waals surface area contributed by atoms with Crippen LogP contribution in [0.2, 0.25) is 0 Å². The van der Waals surface area contributed by atoms with Gasteiger partial charge in [0.1, 0.15) is 17.5 Å². The molecule has 2 aliphatic heterocycles. The Morgan fingerprint density at radius 2 is 2.04 bits per heavy atom. The van der Waals surface area contributed by atoms with Gasteiger partial charge < -0.3 is 9.30 Å². The van der Waals surface area contributed by atoms with E-state index in [9.17, 15) is 12.8 Å². The molecule has 1 fully saturated rings. The van der Waals surface area contributed by atoms with Crippen LogP contribution in [0.4, 0.5) is 4.39 Å². The van der Waals surface area contributed by atoms with Crippen molar-refractivity contribution in [2.24, 2.45) is 0 Å². The maximum Gasteiger partial charge on any atom is 0.243 e. The number of methoxy groups -OCH3 is 1. The van der Waals surface area contributed by atoms with Gasteiger partial charge in [-0.2, -0.15) is 4.31 Å². The topological polar surface area (TPSA) is 77.3 Å². The van der Waals surface area contributed by atoms with Crippen molar-refractivity contribution < 1.29 is 17.5 Å². The van der Waals surface area contributed by atoms with Crippen molar-refractivity contribution in [2.45, 2.75) is 56.1 Å². The quantitative estimate of drug-likeness (QED) is 0.771. The molecule has 2 bridgehead atoms. The molecule has 3 heterocycles. The predicted molar refractivity (Wildman–Crippen MR) is 96.3 cm³/mol. The molecule has 1 aromatic carbocycles. The second-order valence-electron chi connectivity index (χ2n) is 7.22. The minimum absolute atomic E-state index is 0.147. The summed E-state index contributed by atoms with van der Waals surface area (Å²) in [7, 11) is -2.07. The number of ether oxygens (including phenoxy) is 1. The van der Waals surface area contributed by atoms with Gasteiger partial charge in [-0.05, 0) is 43.5 Å². The Morgan fingerprint density at radius 3 is 2.78 bits per heavy atom. The molecule has 27 heavy (non-hydrogen) atoms. The van der Waals surface area contributed by atoms with Crippen molar-refractivity contribution in [3.8, 4) is 0 Å². The molecule has 0 N–H and O–H groups in total. The minimum atomic E-state index is -3.71. The number of benzene rings is 1. The van der Waals surface area contributed by atoms with Crippen molar-refractivity contribution in [1.82, 2.24) is 19.1 Å². The fourth-order valence-corrected chi connectivity index (χ4v) is 6.07. The van der Waals surface area contributed by atoms with Crippen molar-refractivity contribution in [1.29, 1.82) is 0 Å². The standard InChI is InChI=1S/C18H23FN4O3S/c1-12-9-15(5-6-16(12)19)27(24,25)23-13-3-4-14(23)11-22-17(7-8-26-2)20-21-18(22)10-13/h5-6,9,13-14H,3-4,7-8,10-11H2,1-2H3/t13-,14+/m0/s1. The summed E-state index contributed by atoms with van der Waals surface area (Å²) in [4.78, 5) is 0.149. The first-order chi connectivity index (χ1) is 12.9. The molecule has 0 radical (unpaired) electrons. The van der Waals surface area contributed by atoms with Crippen LogP contribution in [0.1, 0.15) is 30.1 Å². The molecular formula is C18H23FN4O3S. The molecule has 0 amide bonds. The van der Waals surface area contributed by atoms with Crippen LogP contribution in [0.15, 0.2) is 23.1 Å². The minimum Gasteiger partial charge on any atom is -0.384 e. The van der Waals surface area contributed by atoms with Gasteiger partial charge >= 0.3 is 0 Å². The van der Waals surface area contributed by atoms with Crippen LogP contribution in [0.25, 0.3) is 0 Å². The Bertz CT molecular complexity index is 960. The third-order valence-electron chi connectivity index (χ3n) is 5.50. The van der Waals surface area contributed by atoms with E-state index in [0.29, 0.717) is 31.6 Å². The Morgan fingerprint density at radius 1 is 1.26 bits per heavy atom. The molecule has 2 aromatic rings. The molecule has 0 aliphatic carbocycles. The van der Waals surface area contributed by atoms with Gasteiger partial charge in [0.05, 0.1) is 11.5 Å². The maximum absolute atomic E-state index is 13.6. The first-order valence-electron chi connectivity index (χ1n) is 9.11. The van der Waals surface area contributed by atoms with Gasteiger partial charge in [0, 0.05) is 38.6 Å².